The van der Waals surface area contributed by atoms with Crippen molar-refractivity contribution in [2.75, 3.05) is 19.1 Å². The van der Waals surface area contributed by atoms with Gasteiger partial charge in [-0.1, -0.05) is 30.3 Å². The van der Waals surface area contributed by atoms with E-state index in [-0.39, 0.29) is 11.6 Å². The molecule has 0 spiro atoms. The van der Waals surface area contributed by atoms with Crippen LogP contribution >= 0.6 is 0 Å². The quantitative estimate of drug-likeness (QED) is 0.354. The first-order valence-corrected chi connectivity index (χ1v) is 11.3. The number of ether oxygens (including phenoxy) is 2. The van der Waals surface area contributed by atoms with E-state index in [0.29, 0.717) is 40.6 Å². The maximum absolute atomic E-state index is 13.5. The van der Waals surface area contributed by atoms with Gasteiger partial charge in [-0.15, -0.1) is 0 Å². The summed E-state index contributed by atoms with van der Waals surface area (Å²) in [5.74, 6) is 0.400. The maximum Gasteiger partial charge on any atom is 0.408 e. The number of carbonyl (C=O) groups excluding carboxylic acids is 1. The molecule has 1 unspecified atom stereocenters. The van der Waals surface area contributed by atoms with Crippen LogP contribution in [0, 0.1) is 0 Å². The summed E-state index contributed by atoms with van der Waals surface area (Å²) in [5.41, 5.74) is 3.32. The number of anilines is 1. The lowest BCUT2D eigenvalue weighted by Gasteiger charge is -2.23. The van der Waals surface area contributed by atoms with Crippen molar-refractivity contribution in [3.63, 3.8) is 0 Å². The van der Waals surface area contributed by atoms with Crippen LogP contribution in [0.4, 0.5) is 18.9 Å². The number of hydrogen-bond acceptors (Lipinski definition) is 6. The Hall–Kier alpha value is -4.41. The maximum atomic E-state index is 13.5. The Morgan fingerprint density at radius 1 is 1.03 bits per heavy atom. The molecule has 1 amide bonds. The van der Waals surface area contributed by atoms with Crippen molar-refractivity contribution in [2.24, 2.45) is 0 Å². The van der Waals surface area contributed by atoms with Crippen LogP contribution in [0.5, 0.6) is 11.6 Å². The molecule has 0 saturated heterocycles. The molecule has 11 heteroatoms. The van der Waals surface area contributed by atoms with Crippen molar-refractivity contribution in [2.45, 2.75) is 25.2 Å². The zero-order chi connectivity index (χ0) is 26.2. The smallest absolute Gasteiger partial charge is 0.408 e. The lowest BCUT2D eigenvalue weighted by atomic mass is 10.0. The topological polar surface area (TPSA) is 82.4 Å². The van der Waals surface area contributed by atoms with E-state index >= 15 is 0 Å². The number of alkyl halides is 3. The van der Waals surface area contributed by atoms with Gasteiger partial charge >= 0.3 is 6.18 Å². The van der Waals surface area contributed by atoms with E-state index in [1.54, 1.807) is 24.4 Å². The molecular formula is C26H22F3N5O3. The number of fused-ring (bicyclic) bond motifs is 1. The number of amides is 1. The van der Waals surface area contributed by atoms with Gasteiger partial charge in [0, 0.05) is 18.0 Å². The highest BCUT2D eigenvalue weighted by molar-refractivity contribution is 6.10. The average molecular weight is 509 g/mol. The Morgan fingerprint density at radius 2 is 1.81 bits per heavy atom. The molecule has 37 heavy (non-hydrogen) atoms. The molecule has 1 aliphatic heterocycles. The van der Waals surface area contributed by atoms with Crippen molar-refractivity contribution < 1.29 is 27.4 Å². The highest BCUT2D eigenvalue weighted by Crippen LogP contribution is 2.40. The molecule has 0 saturated carbocycles. The Labute approximate surface area is 210 Å². The van der Waals surface area contributed by atoms with Crippen LogP contribution in [-0.4, -0.2) is 46.1 Å². The molecule has 4 aromatic rings. The monoisotopic (exact) mass is 509 g/mol. The zero-order valence-electron chi connectivity index (χ0n) is 19.9. The Morgan fingerprint density at radius 3 is 2.51 bits per heavy atom. The van der Waals surface area contributed by atoms with Crippen molar-refractivity contribution in [3.05, 3.63) is 83.9 Å². The minimum atomic E-state index is -4.44. The number of hydrogen-bond donors (Lipinski definition) is 0. The standard InChI is InChI=1S/C26H22F3N5O3/c1-36-22-11-17(12-30-24(22)37-2)20-9-8-19-23(32-20)21(10-16-6-4-3-5-7-16)34(25(19)35)18-13-31-33(14-18)15-26(27,28)29/h3-9,11-14,21H,10,15H2,1-2H3. The number of methoxy groups -OCH3 is 2. The van der Waals surface area contributed by atoms with Crippen LogP contribution in [-0.2, 0) is 13.0 Å². The zero-order valence-corrected chi connectivity index (χ0v) is 19.9. The largest absolute Gasteiger partial charge is 0.491 e. The van der Waals surface area contributed by atoms with Gasteiger partial charge in [-0.25, -0.2) is 9.97 Å². The predicted molar refractivity (Wildman–Crippen MR) is 129 cm³/mol. The van der Waals surface area contributed by atoms with E-state index in [9.17, 15) is 18.0 Å². The minimum absolute atomic E-state index is 0.266. The van der Waals surface area contributed by atoms with E-state index in [1.165, 1.54) is 31.5 Å². The van der Waals surface area contributed by atoms with Crippen LogP contribution in [0.2, 0.25) is 0 Å². The van der Waals surface area contributed by atoms with Gasteiger partial charge < -0.3 is 9.47 Å². The number of nitrogens with zero attached hydrogens (tertiary/aromatic N) is 5. The first kappa shape index (κ1) is 24.3. The summed E-state index contributed by atoms with van der Waals surface area (Å²) in [5, 5.41) is 3.83. The van der Waals surface area contributed by atoms with Crippen molar-refractivity contribution in [1.29, 1.82) is 0 Å². The summed E-state index contributed by atoms with van der Waals surface area (Å²) in [6, 6.07) is 14.1. The van der Waals surface area contributed by atoms with Gasteiger partial charge in [0.25, 0.3) is 11.8 Å². The summed E-state index contributed by atoms with van der Waals surface area (Å²) in [6.45, 7) is -1.25. The first-order valence-electron chi connectivity index (χ1n) is 11.3. The number of aromatic nitrogens is 4. The van der Waals surface area contributed by atoms with Gasteiger partial charge in [-0.3, -0.25) is 14.4 Å². The average Bonchev–Trinajstić information content (AvgIpc) is 3.44. The first-order chi connectivity index (χ1) is 17.8. The number of pyridine rings is 2. The summed E-state index contributed by atoms with van der Waals surface area (Å²) >= 11 is 0. The van der Waals surface area contributed by atoms with E-state index in [0.717, 1.165) is 10.2 Å². The third-order valence-electron chi connectivity index (χ3n) is 6.04. The van der Waals surface area contributed by atoms with Crippen LogP contribution in [0.15, 0.2) is 67.1 Å². The fourth-order valence-corrected chi connectivity index (χ4v) is 4.41. The number of benzene rings is 1. The summed E-state index contributed by atoms with van der Waals surface area (Å²) in [6.07, 6.45) is 0.0679. The number of carbonyl (C=O) groups is 1. The summed E-state index contributed by atoms with van der Waals surface area (Å²) in [7, 11) is 2.99. The molecule has 5 rings (SSSR count). The molecule has 0 aliphatic carbocycles. The molecule has 1 atom stereocenters. The molecule has 0 bridgehead atoms. The van der Waals surface area contributed by atoms with Gasteiger partial charge in [0.15, 0.2) is 5.75 Å². The van der Waals surface area contributed by atoms with Gasteiger partial charge in [-0.2, -0.15) is 18.3 Å². The Kier molecular flexibility index (Phi) is 6.28. The number of rotatable bonds is 7. The van der Waals surface area contributed by atoms with Crippen LogP contribution in [0.25, 0.3) is 11.3 Å². The second kappa shape index (κ2) is 9.57. The molecule has 0 radical (unpaired) electrons. The third kappa shape index (κ3) is 4.84. The van der Waals surface area contributed by atoms with Gasteiger partial charge in [-0.05, 0) is 30.2 Å². The second-order valence-electron chi connectivity index (χ2n) is 8.46. The number of halogens is 3. The molecule has 1 aromatic carbocycles. The second-order valence-corrected chi connectivity index (χ2v) is 8.46. The van der Waals surface area contributed by atoms with Crippen molar-refractivity contribution in [1.82, 2.24) is 19.7 Å². The van der Waals surface area contributed by atoms with Crippen LogP contribution < -0.4 is 14.4 Å². The van der Waals surface area contributed by atoms with Crippen LogP contribution in [0.1, 0.15) is 27.7 Å². The van der Waals surface area contributed by atoms with Crippen LogP contribution in [0.3, 0.4) is 0 Å². The summed E-state index contributed by atoms with van der Waals surface area (Å²) < 4.78 is 50.1. The molecule has 4 heterocycles. The van der Waals surface area contributed by atoms with Gasteiger partial charge in [0.05, 0.1) is 49.1 Å². The molecular weight excluding hydrogens is 487 g/mol. The normalized spacial score (nSPS) is 15.1. The lowest BCUT2D eigenvalue weighted by Crippen LogP contribution is -2.29. The highest BCUT2D eigenvalue weighted by Gasteiger charge is 2.40. The SMILES string of the molecule is COc1cc(-c2ccc3c(n2)C(Cc2ccccc2)N(c2cnn(CC(F)(F)F)c2)C3=O)cnc1OC. The van der Waals surface area contributed by atoms with Gasteiger partial charge in [0.2, 0.25) is 0 Å². The van der Waals surface area contributed by atoms with E-state index in [4.69, 9.17) is 14.5 Å². The molecule has 3 aromatic heterocycles. The Balaban J connectivity index is 1.57. The van der Waals surface area contributed by atoms with E-state index in [2.05, 4.69) is 10.1 Å². The molecule has 190 valence electrons. The van der Waals surface area contributed by atoms with Crippen molar-refractivity contribution >= 4 is 11.6 Å². The van der Waals surface area contributed by atoms with Crippen molar-refractivity contribution in [3.8, 4) is 22.9 Å². The van der Waals surface area contributed by atoms with Gasteiger partial charge in [0.1, 0.15) is 6.54 Å². The molecule has 8 nitrogen and oxygen atoms in total. The third-order valence-corrected chi connectivity index (χ3v) is 6.04. The van der Waals surface area contributed by atoms with E-state index in [1.807, 2.05) is 30.3 Å². The fraction of sp³-hybridized carbons (Fsp3) is 0.231. The minimum Gasteiger partial charge on any atom is -0.491 e. The van der Waals surface area contributed by atoms with E-state index < -0.39 is 18.8 Å². The fourth-order valence-electron chi connectivity index (χ4n) is 4.41. The highest BCUT2D eigenvalue weighted by atomic mass is 19.4. The lowest BCUT2D eigenvalue weighted by molar-refractivity contribution is -0.142. The Bertz CT molecular complexity index is 1440. The molecule has 1 aliphatic rings. The predicted octanol–water partition coefficient (Wildman–Crippen LogP) is 4.86. The molecule has 0 fully saturated rings. The molecule has 0 N–H and O–H groups in total. The summed E-state index contributed by atoms with van der Waals surface area (Å²) in [4.78, 5) is 24.0.